The van der Waals surface area contributed by atoms with Crippen molar-refractivity contribution >= 4 is 56.8 Å². The molecule has 13 heteroatoms. The molecule has 2 heterocycles. The van der Waals surface area contributed by atoms with E-state index < -0.39 is 4.92 Å². The SMILES string of the molecule is COc1cc([N+](=O)[O-])c(OC)cc1-c1nc2sc3ccccc3n2c1/C=N/N=C(N)N.Cl. The average molecular weight is 476 g/mol. The number of nitro benzene ring substituents is 1. The third kappa shape index (κ3) is 3.88. The molecule has 0 aliphatic heterocycles. The summed E-state index contributed by atoms with van der Waals surface area (Å²) in [4.78, 5) is 16.3. The van der Waals surface area contributed by atoms with Crippen molar-refractivity contribution in [3.05, 3.63) is 52.2 Å². The Morgan fingerprint density at radius 2 is 1.94 bits per heavy atom. The first-order chi connectivity index (χ1) is 14.9. The molecule has 2 aromatic carbocycles. The van der Waals surface area contributed by atoms with Crippen LogP contribution >= 0.6 is 23.7 Å². The lowest BCUT2D eigenvalue weighted by atomic mass is 10.1. The van der Waals surface area contributed by atoms with Gasteiger partial charge in [0.05, 0.1) is 47.3 Å². The van der Waals surface area contributed by atoms with Crippen LogP contribution in [0.25, 0.3) is 26.4 Å². The summed E-state index contributed by atoms with van der Waals surface area (Å²) >= 11 is 1.49. The Morgan fingerprint density at radius 3 is 2.59 bits per heavy atom. The molecule has 0 aliphatic carbocycles. The number of nitro groups is 1. The molecule has 0 bridgehead atoms. The van der Waals surface area contributed by atoms with Crippen molar-refractivity contribution < 1.29 is 14.4 Å². The van der Waals surface area contributed by atoms with Crippen LogP contribution in [0.2, 0.25) is 0 Å². The number of benzene rings is 2. The number of hydrogen-bond acceptors (Lipinski definition) is 8. The molecule has 4 rings (SSSR count). The molecular weight excluding hydrogens is 458 g/mol. The Labute approximate surface area is 191 Å². The van der Waals surface area contributed by atoms with Gasteiger partial charge in [0, 0.05) is 11.6 Å². The van der Waals surface area contributed by atoms with Crippen molar-refractivity contribution in [1.82, 2.24) is 9.38 Å². The maximum atomic E-state index is 11.4. The number of guanidine groups is 1. The summed E-state index contributed by atoms with van der Waals surface area (Å²) in [5, 5.41) is 19.0. The standard InChI is InChI=1S/C19H17N7O4S.ClH/c1-29-14-8-12(26(27)28)15(30-2)7-10(14)17-13(9-22-24-18(20)21)25-11-5-3-4-6-16(11)31-19(25)23-17;/h3-9H,1-2H3,(H4,20,21,24);1H/b22-9+;. The van der Waals surface area contributed by atoms with Crippen LogP contribution in [0.15, 0.2) is 46.6 Å². The molecule has 0 fully saturated rings. The van der Waals surface area contributed by atoms with Gasteiger partial charge in [-0.2, -0.15) is 5.10 Å². The van der Waals surface area contributed by atoms with E-state index in [2.05, 4.69) is 10.2 Å². The van der Waals surface area contributed by atoms with Gasteiger partial charge in [-0.05, 0) is 12.1 Å². The zero-order valence-electron chi connectivity index (χ0n) is 16.9. The molecule has 4 N–H and O–H groups in total. The van der Waals surface area contributed by atoms with Crippen molar-refractivity contribution in [3.63, 3.8) is 0 Å². The Hall–Kier alpha value is -3.90. The van der Waals surface area contributed by atoms with Crippen molar-refractivity contribution in [3.8, 4) is 22.8 Å². The smallest absolute Gasteiger partial charge is 0.314 e. The average Bonchev–Trinajstić information content (AvgIpc) is 3.28. The van der Waals surface area contributed by atoms with E-state index in [9.17, 15) is 10.1 Å². The lowest BCUT2D eigenvalue weighted by molar-refractivity contribution is -0.385. The van der Waals surface area contributed by atoms with Crippen LogP contribution in [0.5, 0.6) is 11.5 Å². The number of halogens is 1. The molecule has 2 aromatic heterocycles. The highest BCUT2D eigenvalue weighted by Gasteiger charge is 2.25. The number of methoxy groups -OCH3 is 2. The molecule has 11 nitrogen and oxygen atoms in total. The molecule has 4 aromatic rings. The highest BCUT2D eigenvalue weighted by molar-refractivity contribution is 7.23. The zero-order chi connectivity index (χ0) is 22.1. The Balaban J connectivity index is 0.00000289. The van der Waals surface area contributed by atoms with Gasteiger partial charge in [-0.3, -0.25) is 14.5 Å². The minimum atomic E-state index is -0.536. The fourth-order valence-electron chi connectivity index (χ4n) is 3.22. The summed E-state index contributed by atoms with van der Waals surface area (Å²) in [5.41, 5.74) is 13.0. The normalized spacial score (nSPS) is 10.9. The number of ether oxygens (including phenoxy) is 2. The third-order valence-corrected chi connectivity index (χ3v) is 5.52. The van der Waals surface area contributed by atoms with Crippen molar-refractivity contribution in [1.29, 1.82) is 0 Å². The topological polar surface area (TPSA) is 156 Å². The number of thiazole rings is 1. The van der Waals surface area contributed by atoms with Gasteiger partial charge in [-0.25, -0.2) is 4.98 Å². The van der Waals surface area contributed by atoms with E-state index in [0.29, 0.717) is 21.9 Å². The maximum absolute atomic E-state index is 11.4. The van der Waals surface area contributed by atoms with Crippen LogP contribution in [0.4, 0.5) is 5.69 Å². The summed E-state index contributed by atoms with van der Waals surface area (Å²) in [6.45, 7) is 0. The minimum absolute atomic E-state index is 0. The minimum Gasteiger partial charge on any atom is -0.496 e. The molecular formula is C19H18ClN7O4S. The second-order valence-corrected chi connectivity index (χ2v) is 7.29. The fourth-order valence-corrected chi connectivity index (χ4v) is 4.25. The first-order valence-electron chi connectivity index (χ1n) is 8.87. The van der Waals surface area contributed by atoms with E-state index in [0.717, 1.165) is 10.2 Å². The quantitative estimate of drug-likeness (QED) is 0.188. The van der Waals surface area contributed by atoms with E-state index in [1.165, 1.54) is 43.9 Å². The number of hydrogen-bond donors (Lipinski definition) is 2. The molecule has 0 amide bonds. The van der Waals surface area contributed by atoms with Crippen molar-refractivity contribution in [2.45, 2.75) is 0 Å². The monoisotopic (exact) mass is 475 g/mol. The van der Waals surface area contributed by atoms with Gasteiger partial charge < -0.3 is 20.9 Å². The molecule has 0 unspecified atom stereocenters. The number of aromatic nitrogens is 2. The number of fused-ring (bicyclic) bond motifs is 3. The molecule has 0 spiro atoms. The van der Waals surface area contributed by atoms with Gasteiger partial charge >= 0.3 is 5.69 Å². The predicted octanol–water partition coefficient (Wildman–Crippen LogP) is 3.17. The highest BCUT2D eigenvalue weighted by atomic mass is 35.5. The van der Waals surface area contributed by atoms with E-state index >= 15 is 0 Å². The Morgan fingerprint density at radius 1 is 1.22 bits per heavy atom. The summed E-state index contributed by atoms with van der Waals surface area (Å²) in [6, 6.07) is 10.6. The van der Waals surface area contributed by atoms with E-state index in [-0.39, 0.29) is 35.6 Å². The van der Waals surface area contributed by atoms with Crippen LogP contribution in [-0.2, 0) is 0 Å². The summed E-state index contributed by atoms with van der Waals surface area (Å²) in [5.74, 6) is 0.150. The molecule has 166 valence electrons. The number of rotatable bonds is 6. The van der Waals surface area contributed by atoms with Gasteiger partial charge in [0.2, 0.25) is 5.96 Å². The van der Waals surface area contributed by atoms with Crippen LogP contribution in [0.3, 0.4) is 0 Å². The summed E-state index contributed by atoms with van der Waals surface area (Å²) < 4.78 is 13.6. The molecule has 0 radical (unpaired) electrons. The van der Waals surface area contributed by atoms with Gasteiger partial charge in [-0.1, -0.05) is 23.5 Å². The van der Waals surface area contributed by atoms with Crippen LogP contribution in [0.1, 0.15) is 5.69 Å². The summed E-state index contributed by atoms with van der Waals surface area (Å²) in [7, 11) is 2.79. The largest absolute Gasteiger partial charge is 0.496 e. The van der Waals surface area contributed by atoms with Crippen molar-refractivity contribution in [2.24, 2.45) is 21.7 Å². The van der Waals surface area contributed by atoms with E-state index in [4.69, 9.17) is 25.9 Å². The molecule has 32 heavy (non-hydrogen) atoms. The van der Waals surface area contributed by atoms with Crippen molar-refractivity contribution in [2.75, 3.05) is 14.2 Å². The maximum Gasteiger partial charge on any atom is 0.314 e. The lowest BCUT2D eigenvalue weighted by Gasteiger charge is -2.10. The Bertz CT molecular complexity index is 1380. The Kier molecular flexibility index (Phi) is 6.46. The van der Waals surface area contributed by atoms with Gasteiger partial charge in [0.1, 0.15) is 11.4 Å². The predicted molar refractivity (Wildman–Crippen MR) is 126 cm³/mol. The number of nitrogens with zero attached hydrogens (tertiary/aromatic N) is 5. The molecule has 0 atom stereocenters. The van der Waals surface area contributed by atoms with Gasteiger partial charge in [0.25, 0.3) is 0 Å². The van der Waals surface area contributed by atoms with E-state index in [1.807, 2.05) is 28.7 Å². The third-order valence-electron chi connectivity index (χ3n) is 4.50. The van der Waals surface area contributed by atoms with Gasteiger partial charge in [-0.15, -0.1) is 17.5 Å². The van der Waals surface area contributed by atoms with Crippen LogP contribution in [-0.4, -0.2) is 40.7 Å². The van der Waals surface area contributed by atoms with Crippen LogP contribution in [0, 0.1) is 10.1 Å². The second-order valence-electron chi connectivity index (χ2n) is 6.28. The highest BCUT2D eigenvalue weighted by Crippen LogP contribution is 2.42. The fraction of sp³-hybridized carbons (Fsp3) is 0.105. The zero-order valence-corrected chi connectivity index (χ0v) is 18.5. The van der Waals surface area contributed by atoms with Crippen LogP contribution < -0.4 is 20.9 Å². The lowest BCUT2D eigenvalue weighted by Crippen LogP contribution is -2.21. The molecule has 0 saturated heterocycles. The first kappa shape index (κ1) is 22.8. The van der Waals surface area contributed by atoms with Gasteiger partial charge in [0.15, 0.2) is 10.7 Å². The number of nitrogens with two attached hydrogens (primary N) is 2. The van der Waals surface area contributed by atoms with E-state index in [1.54, 1.807) is 0 Å². The number of para-hydroxylation sites is 1. The molecule has 0 saturated carbocycles. The first-order valence-corrected chi connectivity index (χ1v) is 9.69. The second kappa shape index (κ2) is 9.08. The molecule has 0 aliphatic rings. The summed E-state index contributed by atoms with van der Waals surface area (Å²) in [6.07, 6.45) is 1.47. The number of imidazole rings is 1.